The Kier molecular flexibility index (Phi) is 3.04. The predicted molar refractivity (Wildman–Crippen MR) is 46.1 cm³/mol. The maximum absolute atomic E-state index is 10.6. The van der Waals surface area contributed by atoms with E-state index in [9.17, 15) is 4.79 Å². The zero-order valence-corrected chi connectivity index (χ0v) is 7.77. The van der Waals surface area contributed by atoms with Crippen molar-refractivity contribution in [2.45, 2.75) is 13.5 Å². The van der Waals surface area contributed by atoms with E-state index in [-0.39, 0.29) is 0 Å². The first kappa shape index (κ1) is 8.99. The van der Waals surface area contributed by atoms with E-state index in [4.69, 9.17) is 0 Å². The molecule has 0 atom stereocenters. The molecule has 1 heterocycles. The second-order valence-corrected chi connectivity index (χ2v) is 3.17. The van der Waals surface area contributed by atoms with Gasteiger partial charge in [-0.2, -0.15) is 0 Å². The molecule has 0 spiro atoms. The van der Waals surface area contributed by atoms with Crippen LogP contribution in [0.15, 0.2) is 5.38 Å². The third-order valence-electron chi connectivity index (χ3n) is 1.24. The van der Waals surface area contributed by atoms with Gasteiger partial charge < -0.3 is 10.1 Å². The van der Waals surface area contributed by atoms with E-state index in [1.54, 1.807) is 0 Å². The van der Waals surface area contributed by atoms with Crippen LogP contribution >= 0.6 is 11.3 Å². The first-order valence-electron chi connectivity index (χ1n) is 3.45. The number of methoxy groups -OCH3 is 1. The zero-order valence-electron chi connectivity index (χ0n) is 6.96. The smallest absolute Gasteiger partial charge is 0.407 e. The van der Waals surface area contributed by atoms with Gasteiger partial charge in [0.1, 0.15) is 5.01 Å². The molecule has 4 nitrogen and oxygen atoms in total. The molecule has 12 heavy (non-hydrogen) atoms. The number of thiazole rings is 1. The summed E-state index contributed by atoms with van der Waals surface area (Å²) in [4.78, 5) is 14.8. The molecular formula is C7H10N2O2S. The molecule has 0 radical (unpaired) electrons. The Morgan fingerprint density at radius 3 is 3.08 bits per heavy atom. The summed E-state index contributed by atoms with van der Waals surface area (Å²) >= 11 is 1.52. The van der Waals surface area contributed by atoms with Crippen molar-refractivity contribution >= 4 is 17.4 Å². The number of nitrogens with one attached hydrogen (secondary N) is 1. The van der Waals surface area contributed by atoms with Crippen molar-refractivity contribution in [1.82, 2.24) is 10.3 Å². The SMILES string of the molecule is COC(=O)NCc1nc(C)cs1. The van der Waals surface area contributed by atoms with Gasteiger partial charge >= 0.3 is 6.09 Å². The molecule has 0 fully saturated rings. The van der Waals surface area contributed by atoms with E-state index in [0.717, 1.165) is 10.7 Å². The summed E-state index contributed by atoms with van der Waals surface area (Å²) in [6.07, 6.45) is -0.428. The second-order valence-electron chi connectivity index (χ2n) is 2.23. The summed E-state index contributed by atoms with van der Waals surface area (Å²) in [5.41, 5.74) is 0.974. The quantitative estimate of drug-likeness (QED) is 0.757. The molecular weight excluding hydrogens is 176 g/mol. The molecule has 5 heteroatoms. The molecule has 0 aliphatic heterocycles. The van der Waals surface area contributed by atoms with E-state index in [0.29, 0.717) is 6.54 Å². The summed E-state index contributed by atoms with van der Waals surface area (Å²) in [7, 11) is 1.34. The van der Waals surface area contributed by atoms with E-state index < -0.39 is 6.09 Å². The highest BCUT2D eigenvalue weighted by Crippen LogP contribution is 2.07. The van der Waals surface area contributed by atoms with Gasteiger partial charge in [-0.1, -0.05) is 0 Å². The highest BCUT2D eigenvalue weighted by atomic mass is 32.1. The Balaban J connectivity index is 2.38. The summed E-state index contributed by atoms with van der Waals surface area (Å²) in [5.74, 6) is 0. The Morgan fingerprint density at radius 2 is 2.58 bits per heavy atom. The standard InChI is InChI=1S/C7H10N2O2S/c1-5-4-12-6(9-5)3-8-7(10)11-2/h4H,3H2,1-2H3,(H,8,10). The number of hydrogen-bond acceptors (Lipinski definition) is 4. The van der Waals surface area contributed by atoms with Crippen molar-refractivity contribution in [2.24, 2.45) is 0 Å². The van der Waals surface area contributed by atoms with Crippen LogP contribution in [0.25, 0.3) is 0 Å². The van der Waals surface area contributed by atoms with Crippen LogP contribution in [0.5, 0.6) is 0 Å². The zero-order chi connectivity index (χ0) is 8.97. The Bertz CT molecular complexity index is 272. The molecule has 0 saturated carbocycles. The van der Waals surface area contributed by atoms with E-state index in [2.05, 4.69) is 15.0 Å². The maximum atomic E-state index is 10.6. The maximum Gasteiger partial charge on any atom is 0.407 e. The molecule has 66 valence electrons. The van der Waals surface area contributed by atoms with Gasteiger partial charge in [0.05, 0.1) is 13.7 Å². The molecule has 1 N–H and O–H groups in total. The number of alkyl carbamates (subject to hydrolysis) is 1. The van der Waals surface area contributed by atoms with E-state index >= 15 is 0 Å². The van der Waals surface area contributed by atoms with Crippen molar-refractivity contribution in [1.29, 1.82) is 0 Å². The molecule has 1 aromatic heterocycles. The Labute approximate surface area is 74.6 Å². The number of carbonyl (C=O) groups is 1. The van der Waals surface area contributed by atoms with E-state index in [1.807, 2.05) is 12.3 Å². The fourth-order valence-electron chi connectivity index (χ4n) is 0.704. The van der Waals surface area contributed by atoms with Gasteiger partial charge in [0.25, 0.3) is 0 Å². The number of rotatable bonds is 2. The van der Waals surface area contributed by atoms with Crippen LogP contribution < -0.4 is 5.32 Å². The van der Waals surface area contributed by atoms with Crippen molar-refractivity contribution in [3.05, 3.63) is 16.1 Å². The first-order chi connectivity index (χ1) is 5.72. The first-order valence-corrected chi connectivity index (χ1v) is 4.33. The third kappa shape index (κ3) is 2.50. The van der Waals surface area contributed by atoms with Gasteiger partial charge in [0.15, 0.2) is 0 Å². The number of carbonyl (C=O) groups excluding carboxylic acids is 1. The largest absolute Gasteiger partial charge is 0.453 e. The highest BCUT2D eigenvalue weighted by Gasteiger charge is 2.01. The lowest BCUT2D eigenvalue weighted by molar-refractivity contribution is 0.170. The normalized spacial score (nSPS) is 9.50. The Morgan fingerprint density at radius 1 is 1.83 bits per heavy atom. The summed E-state index contributed by atoms with van der Waals surface area (Å²) in [5, 5.41) is 5.37. The third-order valence-corrected chi connectivity index (χ3v) is 2.20. The van der Waals surface area contributed by atoms with Crippen LogP contribution in [0.2, 0.25) is 0 Å². The fraction of sp³-hybridized carbons (Fsp3) is 0.429. The summed E-state index contributed by atoms with van der Waals surface area (Å²) < 4.78 is 4.41. The van der Waals surface area contributed by atoms with Crippen LogP contribution in [-0.2, 0) is 11.3 Å². The van der Waals surface area contributed by atoms with Gasteiger partial charge in [-0.05, 0) is 6.92 Å². The average molecular weight is 186 g/mol. The lowest BCUT2D eigenvalue weighted by Crippen LogP contribution is -2.22. The summed E-state index contributed by atoms with van der Waals surface area (Å²) in [6.45, 7) is 2.35. The fourth-order valence-corrected chi connectivity index (χ4v) is 1.42. The van der Waals surface area contributed by atoms with Crippen LogP contribution in [-0.4, -0.2) is 18.2 Å². The average Bonchev–Trinajstić information content (AvgIpc) is 2.47. The van der Waals surface area contributed by atoms with Crippen LogP contribution in [0, 0.1) is 6.92 Å². The van der Waals surface area contributed by atoms with Crippen molar-refractivity contribution in [3.8, 4) is 0 Å². The molecule has 0 aliphatic rings. The molecule has 0 unspecified atom stereocenters. The molecule has 0 aromatic carbocycles. The molecule has 1 aromatic rings. The number of hydrogen-bond donors (Lipinski definition) is 1. The number of aryl methyl sites for hydroxylation is 1. The minimum Gasteiger partial charge on any atom is -0.453 e. The molecule has 0 aliphatic carbocycles. The Hall–Kier alpha value is -1.10. The highest BCUT2D eigenvalue weighted by molar-refractivity contribution is 7.09. The lowest BCUT2D eigenvalue weighted by Gasteiger charge is -1.98. The number of amides is 1. The molecule has 0 bridgehead atoms. The molecule has 1 amide bonds. The topological polar surface area (TPSA) is 51.2 Å². The van der Waals surface area contributed by atoms with Gasteiger partial charge in [0, 0.05) is 11.1 Å². The van der Waals surface area contributed by atoms with E-state index in [1.165, 1.54) is 18.4 Å². The van der Waals surface area contributed by atoms with Gasteiger partial charge in [0.2, 0.25) is 0 Å². The minimum absolute atomic E-state index is 0.428. The van der Waals surface area contributed by atoms with Crippen molar-refractivity contribution in [3.63, 3.8) is 0 Å². The summed E-state index contributed by atoms with van der Waals surface area (Å²) in [6, 6.07) is 0. The number of nitrogens with zero attached hydrogens (tertiary/aromatic N) is 1. The number of aromatic nitrogens is 1. The van der Waals surface area contributed by atoms with Crippen LogP contribution in [0.1, 0.15) is 10.7 Å². The second kappa shape index (κ2) is 4.06. The molecule has 0 saturated heterocycles. The van der Waals surface area contributed by atoms with Gasteiger partial charge in [-0.3, -0.25) is 0 Å². The molecule has 1 rings (SSSR count). The monoisotopic (exact) mass is 186 g/mol. The van der Waals surface area contributed by atoms with Crippen molar-refractivity contribution < 1.29 is 9.53 Å². The van der Waals surface area contributed by atoms with Crippen LogP contribution in [0.4, 0.5) is 4.79 Å². The van der Waals surface area contributed by atoms with Gasteiger partial charge in [-0.15, -0.1) is 11.3 Å². The predicted octanol–water partition coefficient (Wildman–Crippen LogP) is 1.31. The van der Waals surface area contributed by atoms with Gasteiger partial charge in [-0.25, -0.2) is 9.78 Å². The minimum atomic E-state index is -0.428. The lowest BCUT2D eigenvalue weighted by atomic mass is 10.6. The number of ether oxygens (including phenoxy) is 1. The van der Waals surface area contributed by atoms with Crippen LogP contribution in [0.3, 0.4) is 0 Å². The van der Waals surface area contributed by atoms with Crippen molar-refractivity contribution in [2.75, 3.05) is 7.11 Å².